The molecular weight excluding hydrogens is 340 g/mol. The summed E-state index contributed by atoms with van der Waals surface area (Å²) in [5.74, 6) is 1.44. The Morgan fingerprint density at radius 1 is 0.929 bits per heavy atom. The summed E-state index contributed by atoms with van der Waals surface area (Å²) >= 11 is 0. The zero-order chi connectivity index (χ0) is 19.2. The summed E-state index contributed by atoms with van der Waals surface area (Å²) in [6.45, 7) is 6.71. The lowest BCUT2D eigenvalue weighted by Crippen LogP contribution is -2.38. The second-order valence-corrected chi connectivity index (χ2v) is 9.32. The van der Waals surface area contributed by atoms with Gasteiger partial charge in [-0.15, -0.1) is 0 Å². The fourth-order valence-electron chi connectivity index (χ4n) is 6.78. The van der Waals surface area contributed by atoms with E-state index in [4.69, 9.17) is 0 Å². The molecule has 0 fully saturated rings. The van der Waals surface area contributed by atoms with Crippen LogP contribution in [0.25, 0.3) is 10.8 Å². The minimum Gasteiger partial charge on any atom is -0.298 e. The Balaban J connectivity index is 1.76. The number of Topliss-reactive ketones (excluding diaryl/α,β-unsaturated/α-hetero) is 1. The predicted molar refractivity (Wildman–Crippen MR) is 115 cm³/mol. The molecule has 1 nitrogen and oxygen atoms in total. The Morgan fingerprint density at radius 3 is 2.54 bits per heavy atom. The van der Waals surface area contributed by atoms with Crippen molar-refractivity contribution in [1.82, 2.24) is 0 Å². The minimum absolute atomic E-state index is 0.0621. The van der Waals surface area contributed by atoms with E-state index >= 15 is 0 Å². The molecule has 2 aromatic carbocycles. The topological polar surface area (TPSA) is 17.1 Å². The van der Waals surface area contributed by atoms with Gasteiger partial charge in [0.25, 0.3) is 0 Å². The molecule has 0 N–H and O–H groups in total. The molecule has 0 aromatic heterocycles. The lowest BCUT2D eigenvalue weighted by atomic mass is 9.59. The van der Waals surface area contributed by atoms with Crippen LogP contribution in [0.5, 0.6) is 0 Å². The Morgan fingerprint density at radius 2 is 1.75 bits per heavy atom. The van der Waals surface area contributed by atoms with Crippen LogP contribution < -0.4 is 0 Å². The monoisotopic (exact) mass is 366 g/mol. The molecule has 0 spiro atoms. The van der Waals surface area contributed by atoms with Crippen LogP contribution in [0.3, 0.4) is 0 Å². The largest absolute Gasteiger partial charge is 0.298 e. The van der Waals surface area contributed by atoms with E-state index < -0.39 is 0 Å². The van der Waals surface area contributed by atoms with E-state index in [0.29, 0.717) is 17.6 Å². The van der Waals surface area contributed by atoms with Gasteiger partial charge in [-0.2, -0.15) is 0 Å². The Kier molecular flexibility index (Phi) is 3.29. The zero-order valence-electron chi connectivity index (χ0n) is 16.9. The highest BCUT2D eigenvalue weighted by atomic mass is 16.1. The smallest absolute Gasteiger partial charge is 0.152 e. The summed E-state index contributed by atoms with van der Waals surface area (Å²) in [5.41, 5.74) is 9.43. The number of hydrogen-bond donors (Lipinski definition) is 0. The van der Waals surface area contributed by atoms with Gasteiger partial charge in [0.05, 0.1) is 5.92 Å². The van der Waals surface area contributed by atoms with E-state index in [1.807, 2.05) is 0 Å². The molecule has 4 aliphatic carbocycles. The van der Waals surface area contributed by atoms with Crippen molar-refractivity contribution in [2.75, 3.05) is 0 Å². The first-order chi connectivity index (χ1) is 13.6. The summed E-state index contributed by atoms with van der Waals surface area (Å²) in [6, 6.07) is 4.70. The second kappa shape index (κ2) is 5.56. The molecule has 0 saturated carbocycles. The molecule has 0 saturated heterocycles. The number of rotatable bonds is 1. The molecule has 0 amide bonds. The van der Waals surface area contributed by atoms with E-state index in [-0.39, 0.29) is 11.8 Å². The van der Waals surface area contributed by atoms with Crippen LogP contribution in [-0.4, -0.2) is 5.78 Å². The maximum absolute atomic E-state index is 14.1. The van der Waals surface area contributed by atoms with Crippen LogP contribution in [0.2, 0.25) is 0 Å². The SMILES string of the molecule is Cc1cc(C)c2c(C)cc3c4c2c1C(C1=CC=CC1)C(=O)C4C1CC=CC1C3. The molecule has 0 radical (unpaired) electrons. The highest BCUT2D eigenvalue weighted by Gasteiger charge is 2.48. The van der Waals surface area contributed by atoms with Gasteiger partial charge in [-0.1, -0.05) is 48.1 Å². The first kappa shape index (κ1) is 16.5. The molecule has 140 valence electrons. The van der Waals surface area contributed by atoms with Gasteiger partial charge in [0.2, 0.25) is 0 Å². The van der Waals surface area contributed by atoms with Crippen molar-refractivity contribution in [2.24, 2.45) is 11.8 Å². The first-order valence-electron chi connectivity index (χ1n) is 10.7. The average molecular weight is 367 g/mol. The number of aryl methyl sites for hydroxylation is 3. The molecule has 0 heterocycles. The third-order valence-corrected chi connectivity index (χ3v) is 7.76. The highest BCUT2D eigenvalue weighted by Crippen LogP contribution is 2.56. The minimum atomic E-state index is -0.0652. The lowest BCUT2D eigenvalue weighted by molar-refractivity contribution is -0.123. The molecule has 4 aliphatic rings. The maximum Gasteiger partial charge on any atom is 0.152 e. The Hall–Kier alpha value is -2.41. The van der Waals surface area contributed by atoms with Gasteiger partial charge in [-0.05, 0) is 96.0 Å². The van der Waals surface area contributed by atoms with Crippen molar-refractivity contribution in [1.29, 1.82) is 0 Å². The number of benzene rings is 2. The highest BCUT2D eigenvalue weighted by molar-refractivity contribution is 6.09. The summed E-state index contributed by atoms with van der Waals surface area (Å²) in [5, 5.41) is 2.83. The molecule has 6 rings (SSSR count). The fraction of sp³-hybridized carbons (Fsp3) is 0.370. The normalized spacial score (nSPS) is 29.5. The van der Waals surface area contributed by atoms with Crippen LogP contribution in [0, 0.1) is 32.6 Å². The molecule has 2 aromatic rings. The zero-order valence-corrected chi connectivity index (χ0v) is 16.9. The average Bonchev–Trinajstić information content (AvgIpc) is 3.33. The molecule has 0 aliphatic heterocycles. The van der Waals surface area contributed by atoms with Gasteiger partial charge >= 0.3 is 0 Å². The van der Waals surface area contributed by atoms with E-state index in [0.717, 1.165) is 19.3 Å². The third-order valence-electron chi connectivity index (χ3n) is 7.76. The third kappa shape index (κ3) is 1.95. The number of allylic oxidation sites excluding steroid dienone is 6. The van der Waals surface area contributed by atoms with Crippen LogP contribution in [0.4, 0.5) is 0 Å². The fourth-order valence-corrected chi connectivity index (χ4v) is 6.78. The van der Waals surface area contributed by atoms with Crippen molar-refractivity contribution in [3.8, 4) is 0 Å². The summed E-state index contributed by atoms with van der Waals surface area (Å²) in [4.78, 5) is 14.1. The predicted octanol–water partition coefficient (Wildman–Crippen LogP) is 6.15. The number of fused-ring (bicyclic) bond motifs is 2. The van der Waals surface area contributed by atoms with Gasteiger partial charge in [0, 0.05) is 5.92 Å². The van der Waals surface area contributed by atoms with E-state index in [9.17, 15) is 4.79 Å². The Labute approximate surface area is 166 Å². The van der Waals surface area contributed by atoms with Crippen molar-refractivity contribution in [3.63, 3.8) is 0 Å². The van der Waals surface area contributed by atoms with Crippen molar-refractivity contribution in [2.45, 2.75) is 51.9 Å². The number of hydrogen-bond acceptors (Lipinski definition) is 1. The number of ketones is 1. The number of carbonyl (C=O) groups is 1. The molecule has 1 heteroatoms. The standard InChI is InChI=1S/C27H26O/c1-14-11-15(2)22-24(17-7-4-5-8-17)27(28)25-20-10-6-9-18(20)13-19-12-16(3)21(14)26(22)23(19)25/h4-7,9,11-12,18,20,24-25H,8,10,13H2,1-3H3. The van der Waals surface area contributed by atoms with Crippen LogP contribution >= 0.6 is 0 Å². The maximum atomic E-state index is 14.1. The summed E-state index contributed by atoms with van der Waals surface area (Å²) in [7, 11) is 0. The Bertz CT molecular complexity index is 1160. The van der Waals surface area contributed by atoms with E-state index in [2.05, 4.69) is 63.3 Å². The molecule has 28 heavy (non-hydrogen) atoms. The number of carbonyl (C=O) groups excluding carboxylic acids is 1. The van der Waals surface area contributed by atoms with Crippen LogP contribution in [-0.2, 0) is 11.2 Å². The van der Waals surface area contributed by atoms with Gasteiger partial charge in [-0.25, -0.2) is 0 Å². The quantitative estimate of drug-likeness (QED) is 0.553. The van der Waals surface area contributed by atoms with Crippen LogP contribution in [0.1, 0.15) is 58.1 Å². The summed E-state index contributed by atoms with van der Waals surface area (Å²) < 4.78 is 0. The molecule has 4 unspecified atom stereocenters. The molecule has 4 atom stereocenters. The molecular formula is C27H26O. The summed E-state index contributed by atoms with van der Waals surface area (Å²) in [6.07, 6.45) is 14.3. The van der Waals surface area contributed by atoms with E-state index in [1.165, 1.54) is 49.7 Å². The lowest BCUT2D eigenvalue weighted by Gasteiger charge is -2.42. The van der Waals surface area contributed by atoms with Crippen molar-refractivity contribution < 1.29 is 4.79 Å². The van der Waals surface area contributed by atoms with Crippen molar-refractivity contribution >= 4 is 16.6 Å². The van der Waals surface area contributed by atoms with Gasteiger partial charge < -0.3 is 0 Å². The first-order valence-corrected chi connectivity index (χ1v) is 10.7. The van der Waals surface area contributed by atoms with Crippen molar-refractivity contribution in [3.05, 3.63) is 81.5 Å². The van der Waals surface area contributed by atoms with Crippen LogP contribution in [0.15, 0.2) is 48.1 Å². The van der Waals surface area contributed by atoms with Gasteiger partial charge in [0.15, 0.2) is 5.78 Å². The second-order valence-electron chi connectivity index (χ2n) is 9.32. The van der Waals surface area contributed by atoms with Gasteiger partial charge in [-0.3, -0.25) is 4.79 Å². The van der Waals surface area contributed by atoms with Gasteiger partial charge in [0.1, 0.15) is 0 Å². The van der Waals surface area contributed by atoms with E-state index in [1.54, 1.807) is 0 Å². The molecule has 0 bridgehead atoms.